The molecular formula is C16H25F3IN5O2S. The van der Waals surface area contributed by atoms with E-state index in [4.69, 9.17) is 0 Å². The van der Waals surface area contributed by atoms with Gasteiger partial charge in [0.15, 0.2) is 5.96 Å². The molecule has 2 rings (SSSR count). The van der Waals surface area contributed by atoms with Crippen LogP contribution in [0.3, 0.4) is 0 Å². The van der Waals surface area contributed by atoms with E-state index in [9.17, 15) is 21.6 Å². The molecule has 0 bridgehead atoms. The van der Waals surface area contributed by atoms with Crippen molar-refractivity contribution in [3.05, 3.63) is 29.6 Å². The highest BCUT2D eigenvalue weighted by Crippen LogP contribution is 2.28. The van der Waals surface area contributed by atoms with Crippen molar-refractivity contribution < 1.29 is 21.6 Å². The van der Waals surface area contributed by atoms with Gasteiger partial charge in [0.25, 0.3) is 0 Å². The molecule has 1 aromatic heterocycles. The Labute approximate surface area is 180 Å². The van der Waals surface area contributed by atoms with Crippen LogP contribution in [0.1, 0.15) is 24.1 Å². The van der Waals surface area contributed by atoms with Gasteiger partial charge < -0.3 is 10.6 Å². The van der Waals surface area contributed by atoms with Crippen molar-refractivity contribution in [1.82, 2.24) is 19.9 Å². The predicted molar refractivity (Wildman–Crippen MR) is 112 cm³/mol. The Hall–Kier alpha value is -1.15. The molecule has 2 N–H and O–H groups in total. The minimum atomic E-state index is -5.25. The molecule has 1 aliphatic heterocycles. The van der Waals surface area contributed by atoms with Crippen molar-refractivity contribution in [3.63, 3.8) is 0 Å². The minimum absolute atomic E-state index is 0. The molecule has 1 saturated heterocycles. The van der Waals surface area contributed by atoms with E-state index in [0.29, 0.717) is 16.8 Å². The number of alkyl halides is 3. The number of aromatic nitrogens is 1. The number of hydrogen-bond acceptors (Lipinski definition) is 4. The maximum atomic E-state index is 12.6. The van der Waals surface area contributed by atoms with Gasteiger partial charge in [-0.1, -0.05) is 6.07 Å². The van der Waals surface area contributed by atoms with E-state index in [-0.39, 0.29) is 55.9 Å². The topological polar surface area (TPSA) is 86.7 Å². The van der Waals surface area contributed by atoms with Crippen molar-refractivity contribution in [3.8, 4) is 0 Å². The van der Waals surface area contributed by atoms with Crippen LogP contribution in [0.4, 0.5) is 13.2 Å². The third kappa shape index (κ3) is 6.72. The van der Waals surface area contributed by atoms with Crippen LogP contribution in [0.5, 0.6) is 0 Å². The van der Waals surface area contributed by atoms with Gasteiger partial charge in [0.05, 0.1) is 0 Å². The Balaban J connectivity index is 0.00000392. The quantitative estimate of drug-likeness (QED) is 0.343. The van der Waals surface area contributed by atoms with Crippen LogP contribution in [0.25, 0.3) is 0 Å². The van der Waals surface area contributed by atoms with Gasteiger partial charge in [-0.3, -0.25) is 9.98 Å². The third-order valence-electron chi connectivity index (χ3n) is 4.33. The molecule has 0 atom stereocenters. The molecule has 7 nitrogen and oxygen atoms in total. The summed E-state index contributed by atoms with van der Waals surface area (Å²) >= 11 is 0. The Morgan fingerprint density at radius 1 is 1.32 bits per heavy atom. The molecule has 28 heavy (non-hydrogen) atoms. The van der Waals surface area contributed by atoms with E-state index < -0.39 is 15.5 Å². The highest BCUT2D eigenvalue weighted by molar-refractivity contribution is 14.0. The Morgan fingerprint density at radius 3 is 2.46 bits per heavy atom. The molecule has 0 aliphatic carbocycles. The third-order valence-corrected chi connectivity index (χ3v) is 5.96. The molecule has 0 radical (unpaired) electrons. The Kier molecular flexibility index (Phi) is 9.40. The normalized spacial score (nSPS) is 17.1. The van der Waals surface area contributed by atoms with Crippen LogP contribution >= 0.6 is 24.0 Å². The lowest BCUT2D eigenvalue weighted by Crippen LogP contribution is -2.51. The standard InChI is InChI=1S/C16H24F3N5O2S.HI/c1-12-3-4-13(11-22-12)5-8-21-15(20-2)23-14-6-9-24(10-7-14)27(25,26)16(17,18)19;/h3-4,11,14H,5-10H2,1-2H3,(H2,20,21,23);1H. The maximum absolute atomic E-state index is 12.6. The van der Waals surface area contributed by atoms with Crippen LogP contribution in [-0.2, 0) is 16.4 Å². The average Bonchev–Trinajstić information content (AvgIpc) is 2.62. The zero-order valence-electron chi connectivity index (χ0n) is 15.7. The van der Waals surface area contributed by atoms with Gasteiger partial charge in [-0.2, -0.15) is 17.5 Å². The van der Waals surface area contributed by atoms with Gasteiger partial charge in [0.1, 0.15) is 0 Å². The Morgan fingerprint density at radius 2 is 1.96 bits per heavy atom. The van der Waals surface area contributed by atoms with E-state index >= 15 is 0 Å². The SMILES string of the molecule is CN=C(NCCc1ccc(C)nc1)NC1CCN(S(=O)(=O)C(F)(F)F)CC1.I. The number of nitrogens with one attached hydrogen (secondary N) is 2. The summed E-state index contributed by atoms with van der Waals surface area (Å²) in [6.45, 7) is 2.18. The second kappa shape index (κ2) is 10.6. The number of rotatable bonds is 5. The van der Waals surface area contributed by atoms with Crippen LogP contribution in [-0.4, -0.2) is 61.9 Å². The van der Waals surface area contributed by atoms with Gasteiger partial charge in [0, 0.05) is 44.6 Å². The molecule has 0 amide bonds. The van der Waals surface area contributed by atoms with Crippen LogP contribution in [0, 0.1) is 6.92 Å². The zero-order valence-corrected chi connectivity index (χ0v) is 18.8. The highest BCUT2D eigenvalue weighted by atomic mass is 127. The smallest absolute Gasteiger partial charge is 0.356 e. The molecule has 2 heterocycles. The lowest BCUT2D eigenvalue weighted by molar-refractivity contribution is -0.0494. The molecule has 0 unspecified atom stereocenters. The second-order valence-electron chi connectivity index (χ2n) is 6.33. The lowest BCUT2D eigenvalue weighted by atomic mass is 10.1. The van der Waals surface area contributed by atoms with E-state index in [1.54, 1.807) is 7.05 Å². The van der Waals surface area contributed by atoms with E-state index in [0.717, 1.165) is 17.7 Å². The first kappa shape index (κ1) is 24.9. The fourth-order valence-corrected chi connectivity index (χ4v) is 3.73. The highest BCUT2D eigenvalue weighted by Gasteiger charge is 2.50. The summed E-state index contributed by atoms with van der Waals surface area (Å²) in [5.41, 5.74) is -3.23. The number of sulfonamides is 1. The van der Waals surface area contributed by atoms with Crippen LogP contribution < -0.4 is 10.6 Å². The van der Waals surface area contributed by atoms with Gasteiger partial charge in [-0.25, -0.2) is 8.42 Å². The first-order valence-electron chi connectivity index (χ1n) is 8.58. The number of halogens is 4. The predicted octanol–water partition coefficient (Wildman–Crippen LogP) is 2.03. The summed E-state index contributed by atoms with van der Waals surface area (Å²) < 4.78 is 61.2. The summed E-state index contributed by atoms with van der Waals surface area (Å²) in [6.07, 6.45) is 3.11. The fourth-order valence-electron chi connectivity index (χ4n) is 2.75. The molecule has 0 saturated carbocycles. The van der Waals surface area contributed by atoms with Gasteiger partial charge in [-0.15, -0.1) is 24.0 Å². The summed E-state index contributed by atoms with van der Waals surface area (Å²) in [6, 6.07) is 3.79. The zero-order chi connectivity index (χ0) is 20.1. The number of hydrogen-bond donors (Lipinski definition) is 2. The lowest BCUT2D eigenvalue weighted by Gasteiger charge is -2.32. The average molecular weight is 535 g/mol. The number of aliphatic imine (C=N–C) groups is 1. The van der Waals surface area contributed by atoms with Crippen LogP contribution in [0.15, 0.2) is 23.3 Å². The summed E-state index contributed by atoms with van der Waals surface area (Å²) in [5.74, 6) is 0.534. The molecule has 1 fully saturated rings. The maximum Gasteiger partial charge on any atom is 0.511 e. The number of piperidine rings is 1. The van der Waals surface area contributed by atoms with Crippen molar-refractivity contribution in [2.24, 2.45) is 4.99 Å². The second-order valence-corrected chi connectivity index (χ2v) is 8.25. The van der Waals surface area contributed by atoms with Crippen molar-refractivity contribution >= 4 is 40.0 Å². The first-order chi connectivity index (χ1) is 12.6. The number of nitrogens with zero attached hydrogens (tertiary/aromatic N) is 3. The molecule has 1 aliphatic rings. The van der Waals surface area contributed by atoms with Gasteiger partial charge in [0.2, 0.25) is 0 Å². The molecule has 0 spiro atoms. The monoisotopic (exact) mass is 535 g/mol. The molecule has 0 aromatic carbocycles. The molecule has 160 valence electrons. The molecule has 12 heteroatoms. The van der Waals surface area contributed by atoms with Crippen molar-refractivity contribution in [2.45, 2.75) is 37.7 Å². The largest absolute Gasteiger partial charge is 0.511 e. The van der Waals surface area contributed by atoms with Gasteiger partial charge in [-0.05, 0) is 37.8 Å². The minimum Gasteiger partial charge on any atom is -0.356 e. The number of aryl methyl sites for hydroxylation is 1. The molecular weight excluding hydrogens is 510 g/mol. The molecule has 1 aromatic rings. The van der Waals surface area contributed by atoms with E-state index in [2.05, 4.69) is 20.6 Å². The van der Waals surface area contributed by atoms with Crippen molar-refractivity contribution in [1.29, 1.82) is 0 Å². The Bertz CT molecular complexity index is 749. The summed E-state index contributed by atoms with van der Waals surface area (Å²) in [4.78, 5) is 8.33. The first-order valence-corrected chi connectivity index (χ1v) is 10.0. The van der Waals surface area contributed by atoms with E-state index in [1.165, 1.54) is 0 Å². The fraction of sp³-hybridized carbons (Fsp3) is 0.625. The summed E-state index contributed by atoms with van der Waals surface area (Å²) in [5, 5.41) is 6.28. The van der Waals surface area contributed by atoms with Crippen molar-refractivity contribution in [2.75, 3.05) is 26.7 Å². The van der Waals surface area contributed by atoms with E-state index in [1.807, 2.05) is 25.3 Å². The number of guanidine groups is 1. The van der Waals surface area contributed by atoms with Crippen LogP contribution in [0.2, 0.25) is 0 Å². The number of pyridine rings is 1. The van der Waals surface area contributed by atoms with Gasteiger partial charge >= 0.3 is 15.5 Å². The summed E-state index contributed by atoms with van der Waals surface area (Å²) in [7, 11) is -3.65.